The first-order valence-electron chi connectivity index (χ1n) is 8.38. The maximum atomic E-state index is 12.5. The third-order valence-corrected chi connectivity index (χ3v) is 4.01. The van der Waals surface area contributed by atoms with Gasteiger partial charge in [0.2, 0.25) is 0 Å². The van der Waals surface area contributed by atoms with E-state index >= 15 is 0 Å². The average molecular weight is 335 g/mol. The topological polar surface area (TPSA) is 72.7 Å². The molecule has 2 heterocycles. The Hall–Kier alpha value is -3.02. The van der Waals surface area contributed by atoms with Crippen LogP contribution in [0.1, 0.15) is 42.5 Å². The number of aryl methyl sites for hydroxylation is 1. The molecule has 0 aliphatic rings. The third kappa shape index (κ3) is 3.91. The number of hydrogen-bond donors (Lipinski definition) is 1. The van der Waals surface area contributed by atoms with Crippen molar-refractivity contribution in [3.63, 3.8) is 0 Å². The number of hydrogen-bond acceptors (Lipinski definition) is 4. The lowest BCUT2D eigenvalue weighted by atomic mass is 10.0. The monoisotopic (exact) mass is 335 g/mol. The van der Waals surface area contributed by atoms with E-state index in [9.17, 15) is 4.79 Å². The van der Waals surface area contributed by atoms with E-state index < -0.39 is 0 Å². The lowest BCUT2D eigenvalue weighted by Crippen LogP contribution is -2.28. The lowest BCUT2D eigenvalue weighted by Gasteiger charge is -2.14. The van der Waals surface area contributed by atoms with Gasteiger partial charge in [0, 0.05) is 24.5 Å². The second-order valence-corrected chi connectivity index (χ2v) is 5.89. The van der Waals surface area contributed by atoms with Crippen LogP contribution in [0.25, 0.3) is 11.1 Å². The predicted octanol–water partition coefficient (Wildman–Crippen LogP) is 3.24. The number of aromatic nitrogens is 4. The van der Waals surface area contributed by atoms with Crippen molar-refractivity contribution in [3.05, 3.63) is 66.5 Å². The van der Waals surface area contributed by atoms with Gasteiger partial charge in [-0.2, -0.15) is 0 Å². The molecule has 2 aromatic heterocycles. The summed E-state index contributed by atoms with van der Waals surface area (Å²) in [5, 5.41) is 11.1. The maximum absolute atomic E-state index is 12.5. The molecule has 0 fully saturated rings. The number of amides is 1. The summed E-state index contributed by atoms with van der Waals surface area (Å²) in [5.41, 5.74) is 2.74. The number of carbonyl (C=O) groups is 1. The fourth-order valence-corrected chi connectivity index (χ4v) is 2.72. The molecule has 0 saturated carbocycles. The van der Waals surface area contributed by atoms with Gasteiger partial charge in [0.05, 0.1) is 6.04 Å². The normalized spacial score (nSPS) is 11.9. The minimum absolute atomic E-state index is 0.125. The Kier molecular flexibility index (Phi) is 5.18. The smallest absolute Gasteiger partial charge is 0.251 e. The zero-order chi connectivity index (χ0) is 17.6. The summed E-state index contributed by atoms with van der Waals surface area (Å²) < 4.78 is 1.97. The number of nitrogens with one attached hydrogen (secondary N) is 1. The van der Waals surface area contributed by atoms with E-state index in [1.807, 2.05) is 47.9 Å². The van der Waals surface area contributed by atoms with E-state index in [2.05, 4.69) is 27.4 Å². The first-order chi connectivity index (χ1) is 12.2. The first kappa shape index (κ1) is 16.8. The SMILES string of the molecule is CCCn1cnnc1C(C)NC(=O)c1ccc(-c2ccncc2)cc1. The molecule has 1 amide bonds. The van der Waals surface area contributed by atoms with Crippen molar-refractivity contribution in [1.82, 2.24) is 25.1 Å². The fraction of sp³-hybridized carbons (Fsp3) is 0.263. The van der Waals surface area contributed by atoms with Crippen LogP contribution in [-0.2, 0) is 6.54 Å². The average Bonchev–Trinajstić information content (AvgIpc) is 3.11. The van der Waals surface area contributed by atoms with Gasteiger partial charge in [0.1, 0.15) is 6.33 Å². The first-order valence-corrected chi connectivity index (χ1v) is 8.38. The molecule has 0 aliphatic carbocycles. The van der Waals surface area contributed by atoms with E-state index in [4.69, 9.17) is 0 Å². The molecule has 0 bridgehead atoms. The minimum Gasteiger partial charge on any atom is -0.342 e. The number of benzene rings is 1. The standard InChI is InChI=1S/C19H21N5O/c1-3-12-24-13-21-23-18(24)14(2)22-19(25)17-6-4-15(5-7-17)16-8-10-20-11-9-16/h4-11,13-14H,3,12H2,1-2H3,(H,22,25). The van der Waals surface area contributed by atoms with Gasteiger partial charge in [-0.1, -0.05) is 19.1 Å². The van der Waals surface area contributed by atoms with E-state index in [1.165, 1.54) is 0 Å². The number of rotatable bonds is 6. The molecule has 3 aromatic rings. The number of nitrogens with zero attached hydrogens (tertiary/aromatic N) is 4. The van der Waals surface area contributed by atoms with Crippen molar-refractivity contribution in [2.75, 3.05) is 0 Å². The highest BCUT2D eigenvalue weighted by Gasteiger charge is 2.16. The Bertz CT molecular complexity index is 827. The summed E-state index contributed by atoms with van der Waals surface area (Å²) >= 11 is 0. The second kappa shape index (κ2) is 7.70. The van der Waals surface area contributed by atoms with Crippen molar-refractivity contribution >= 4 is 5.91 Å². The van der Waals surface area contributed by atoms with Crippen molar-refractivity contribution in [2.24, 2.45) is 0 Å². The van der Waals surface area contributed by atoms with Crippen LogP contribution in [0, 0.1) is 0 Å². The predicted molar refractivity (Wildman–Crippen MR) is 95.9 cm³/mol. The molecule has 1 N–H and O–H groups in total. The van der Waals surface area contributed by atoms with E-state index in [1.54, 1.807) is 18.7 Å². The molecule has 0 saturated heterocycles. The highest BCUT2D eigenvalue weighted by molar-refractivity contribution is 5.94. The Morgan fingerprint density at radius 1 is 1.12 bits per heavy atom. The van der Waals surface area contributed by atoms with E-state index in [0.717, 1.165) is 29.9 Å². The van der Waals surface area contributed by atoms with Crippen molar-refractivity contribution in [3.8, 4) is 11.1 Å². The van der Waals surface area contributed by atoms with Crippen molar-refractivity contribution in [2.45, 2.75) is 32.9 Å². The molecule has 128 valence electrons. The summed E-state index contributed by atoms with van der Waals surface area (Å²) in [7, 11) is 0. The molecule has 1 atom stereocenters. The minimum atomic E-state index is -0.207. The Balaban J connectivity index is 1.70. The third-order valence-electron chi connectivity index (χ3n) is 4.01. The molecule has 1 aromatic carbocycles. The largest absolute Gasteiger partial charge is 0.342 e. The van der Waals surface area contributed by atoms with Crippen LogP contribution in [0.5, 0.6) is 0 Å². The summed E-state index contributed by atoms with van der Waals surface area (Å²) in [4.78, 5) is 16.5. The summed E-state index contributed by atoms with van der Waals surface area (Å²) in [5.74, 6) is 0.642. The molecule has 1 unspecified atom stereocenters. The van der Waals surface area contributed by atoms with Gasteiger partial charge in [-0.3, -0.25) is 9.78 Å². The van der Waals surface area contributed by atoms with Gasteiger partial charge in [0.25, 0.3) is 5.91 Å². The molecule has 3 rings (SSSR count). The highest BCUT2D eigenvalue weighted by atomic mass is 16.1. The lowest BCUT2D eigenvalue weighted by molar-refractivity contribution is 0.0937. The molecule has 25 heavy (non-hydrogen) atoms. The summed E-state index contributed by atoms with van der Waals surface area (Å²) in [6, 6.07) is 11.2. The van der Waals surface area contributed by atoms with Crippen LogP contribution in [0.15, 0.2) is 55.1 Å². The Labute approximate surface area is 146 Å². The van der Waals surface area contributed by atoms with Crippen LogP contribution in [0.3, 0.4) is 0 Å². The van der Waals surface area contributed by atoms with E-state index in [0.29, 0.717) is 5.56 Å². The molecule has 6 nitrogen and oxygen atoms in total. The fourth-order valence-electron chi connectivity index (χ4n) is 2.72. The number of carbonyl (C=O) groups excluding carboxylic acids is 1. The van der Waals surface area contributed by atoms with Crippen LogP contribution in [-0.4, -0.2) is 25.7 Å². The van der Waals surface area contributed by atoms with Gasteiger partial charge >= 0.3 is 0 Å². The van der Waals surface area contributed by atoms with Crippen LogP contribution in [0.4, 0.5) is 0 Å². The Morgan fingerprint density at radius 3 is 2.48 bits per heavy atom. The van der Waals surface area contributed by atoms with Crippen LogP contribution >= 0.6 is 0 Å². The van der Waals surface area contributed by atoms with Crippen molar-refractivity contribution in [1.29, 1.82) is 0 Å². The number of pyridine rings is 1. The van der Waals surface area contributed by atoms with Crippen molar-refractivity contribution < 1.29 is 4.79 Å². The Morgan fingerprint density at radius 2 is 1.80 bits per heavy atom. The molecule has 0 spiro atoms. The highest BCUT2D eigenvalue weighted by Crippen LogP contribution is 2.19. The van der Waals surface area contributed by atoms with Gasteiger partial charge in [-0.15, -0.1) is 10.2 Å². The zero-order valence-electron chi connectivity index (χ0n) is 14.4. The maximum Gasteiger partial charge on any atom is 0.251 e. The van der Waals surface area contributed by atoms with Crippen LogP contribution in [0.2, 0.25) is 0 Å². The molecule has 0 radical (unpaired) electrons. The molecule has 6 heteroatoms. The molecule has 0 aliphatic heterocycles. The zero-order valence-corrected chi connectivity index (χ0v) is 14.4. The van der Waals surface area contributed by atoms with Gasteiger partial charge in [0.15, 0.2) is 5.82 Å². The quantitative estimate of drug-likeness (QED) is 0.750. The summed E-state index contributed by atoms with van der Waals surface area (Å²) in [6.45, 7) is 4.85. The van der Waals surface area contributed by atoms with Gasteiger partial charge in [-0.05, 0) is 48.7 Å². The van der Waals surface area contributed by atoms with Gasteiger partial charge in [-0.25, -0.2) is 0 Å². The summed E-state index contributed by atoms with van der Waals surface area (Å²) in [6.07, 6.45) is 6.20. The van der Waals surface area contributed by atoms with Crippen LogP contribution < -0.4 is 5.32 Å². The van der Waals surface area contributed by atoms with Gasteiger partial charge < -0.3 is 9.88 Å². The van der Waals surface area contributed by atoms with E-state index in [-0.39, 0.29) is 11.9 Å². The molecular weight excluding hydrogens is 314 g/mol. The second-order valence-electron chi connectivity index (χ2n) is 5.89. The molecular formula is C19H21N5O.